The van der Waals surface area contributed by atoms with Gasteiger partial charge in [0.25, 0.3) is 11.1 Å². The van der Waals surface area contributed by atoms with Gasteiger partial charge in [-0.15, -0.1) is 0 Å². The third kappa shape index (κ3) is 5.62. The molecule has 0 unspecified atom stereocenters. The van der Waals surface area contributed by atoms with Crippen molar-refractivity contribution < 1.29 is 30.7 Å². The predicted octanol–water partition coefficient (Wildman–Crippen LogP) is 4.37. The molecule has 3 aromatic heterocycles. The number of hydrogen-bond acceptors (Lipinski definition) is 8. The van der Waals surface area contributed by atoms with Gasteiger partial charge in [0.2, 0.25) is 0 Å². The van der Waals surface area contributed by atoms with E-state index in [1.807, 2.05) is 0 Å². The van der Waals surface area contributed by atoms with Crippen molar-refractivity contribution in [3.63, 3.8) is 0 Å². The Morgan fingerprint density at radius 1 is 1.05 bits per heavy atom. The number of halogens is 7. The molecule has 0 radical (unpaired) electrons. The highest BCUT2D eigenvalue weighted by Gasteiger charge is 2.39. The Labute approximate surface area is 230 Å². The summed E-state index contributed by atoms with van der Waals surface area (Å²) in [6.45, 7) is 0.117. The smallest absolute Gasteiger partial charge is 0.383 e. The number of benzene rings is 1. The lowest BCUT2D eigenvalue weighted by atomic mass is 9.99. The van der Waals surface area contributed by atoms with Crippen LogP contribution in [0.4, 0.5) is 42.2 Å². The van der Waals surface area contributed by atoms with Crippen LogP contribution in [0.15, 0.2) is 40.4 Å². The van der Waals surface area contributed by atoms with E-state index < -0.39 is 63.8 Å². The van der Waals surface area contributed by atoms with E-state index in [2.05, 4.69) is 25.4 Å². The second-order valence-corrected chi connectivity index (χ2v) is 9.80. The van der Waals surface area contributed by atoms with E-state index in [0.717, 1.165) is 18.3 Å². The maximum atomic E-state index is 15.0. The Bertz CT molecular complexity index is 1770. The first-order chi connectivity index (χ1) is 19.7. The zero-order valence-corrected chi connectivity index (χ0v) is 21.4. The van der Waals surface area contributed by atoms with Crippen LogP contribution >= 0.6 is 0 Å². The van der Waals surface area contributed by atoms with E-state index in [0.29, 0.717) is 31.9 Å². The minimum absolute atomic E-state index is 0.0385. The number of aromatic nitrogens is 6. The quantitative estimate of drug-likeness (QED) is 0.278. The third-order valence-electron chi connectivity index (χ3n) is 7.16. The van der Waals surface area contributed by atoms with Gasteiger partial charge < -0.3 is 11.1 Å². The van der Waals surface area contributed by atoms with Crippen LogP contribution < -0.4 is 22.2 Å². The fourth-order valence-electron chi connectivity index (χ4n) is 5.12. The number of alkyl halides is 6. The van der Waals surface area contributed by atoms with Gasteiger partial charge in [-0.25, -0.2) is 24.4 Å². The molecule has 1 fully saturated rings. The monoisotopic (exact) mass is 598 g/mol. The molecule has 17 heteroatoms. The van der Waals surface area contributed by atoms with Crippen LogP contribution in [0.5, 0.6) is 0 Å². The van der Waals surface area contributed by atoms with Crippen LogP contribution in [0.1, 0.15) is 36.8 Å². The summed E-state index contributed by atoms with van der Waals surface area (Å²) in [6.07, 6.45) is -4.87. The molecule has 1 aromatic carbocycles. The minimum Gasteiger partial charge on any atom is -0.383 e. The molecular weight excluding hydrogens is 577 g/mol. The van der Waals surface area contributed by atoms with Gasteiger partial charge in [-0.3, -0.25) is 14.2 Å². The molecule has 1 saturated carbocycles. The number of nitrogens with two attached hydrogens (primary N) is 1. The van der Waals surface area contributed by atoms with Crippen molar-refractivity contribution in [3.05, 3.63) is 68.5 Å². The highest BCUT2D eigenvalue weighted by Crippen LogP contribution is 2.36. The molecule has 4 N–H and O–H groups in total. The summed E-state index contributed by atoms with van der Waals surface area (Å²) in [5, 5.41) is 7.94. The molecule has 0 aliphatic heterocycles. The Balaban J connectivity index is 1.36. The van der Waals surface area contributed by atoms with Crippen LogP contribution in [0, 0.1) is 11.7 Å². The summed E-state index contributed by atoms with van der Waals surface area (Å²) in [4.78, 5) is 36.2. The Morgan fingerprint density at radius 3 is 2.50 bits per heavy atom. The first-order valence-corrected chi connectivity index (χ1v) is 12.5. The average Bonchev–Trinajstić information content (AvgIpc) is 3.33. The maximum Gasteiger partial charge on any atom is 0.423 e. The summed E-state index contributed by atoms with van der Waals surface area (Å²) in [7, 11) is 0. The standard InChI is InChI=1S/C25H21F7N8O2/c26-15-6-13-17(7-12(15)21-34-8-14(20(33)38-21)24(27,28)29)35-10-40(23(13)42)5-4-11-2-1-3-16(11)37-18-9-36-39-22(41)19(18)25(30,31)32/h6-11,16H,1-5H2,(H2,33,34,38)(H2,37,39,41)/t11-,16+/m1/s1. The lowest BCUT2D eigenvalue weighted by Gasteiger charge is -2.23. The molecule has 1 aliphatic carbocycles. The van der Waals surface area contributed by atoms with Crippen molar-refractivity contribution >= 4 is 22.4 Å². The molecule has 10 nitrogen and oxygen atoms in total. The summed E-state index contributed by atoms with van der Waals surface area (Å²) in [5.41, 5.74) is 0.0812. The number of nitrogens with one attached hydrogen (secondary N) is 2. The van der Waals surface area contributed by atoms with E-state index >= 15 is 0 Å². The van der Waals surface area contributed by atoms with Crippen molar-refractivity contribution in [1.82, 2.24) is 29.7 Å². The van der Waals surface area contributed by atoms with Crippen molar-refractivity contribution in [2.24, 2.45) is 5.92 Å². The molecule has 0 spiro atoms. The Morgan fingerprint density at radius 2 is 1.81 bits per heavy atom. The summed E-state index contributed by atoms with van der Waals surface area (Å²) in [5.74, 6) is -2.45. The van der Waals surface area contributed by atoms with Crippen LogP contribution in [0.25, 0.3) is 22.3 Å². The van der Waals surface area contributed by atoms with Gasteiger partial charge in [0, 0.05) is 18.8 Å². The molecule has 42 heavy (non-hydrogen) atoms. The molecule has 0 saturated heterocycles. The van der Waals surface area contributed by atoms with Gasteiger partial charge >= 0.3 is 12.4 Å². The van der Waals surface area contributed by atoms with Crippen LogP contribution in [0.2, 0.25) is 0 Å². The van der Waals surface area contributed by atoms with E-state index in [1.165, 1.54) is 10.9 Å². The van der Waals surface area contributed by atoms with E-state index in [-0.39, 0.29) is 28.9 Å². The van der Waals surface area contributed by atoms with Crippen LogP contribution in [-0.2, 0) is 18.9 Å². The lowest BCUT2D eigenvalue weighted by molar-refractivity contribution is -0.138. The van der Waals surface area contributed by atoms with Crippen LogP contribution in [0.3, 0.4) is 0 Å². The fourth-order valence-corrected chi connectivity index (χ4v) is 5.12. The number of nitrogens with zero attached hydrogens (tertiary/aromatic N) is 5. The largest absolute Gasteiger partial charge is 0.423 e. The van der Waals surface area contributed by atoms with Crippen molar-refractivity contribution in [2.75, 3.05) is 11.1 Å². The minimum atomic E-state index is -4.89. The summed E-state index contributed by atoms with van der Waals surface area (Å²) < 4.78 is 95.4. The second-order valence-electron chi connectivity index (χ2n) is 9.80. The lowest BCUT2D eigenvalue weighted by Crippen LogP contribution is -2.31. The highest BCUT2D eigenvalue weighted by atomic mass is 19.4. The number of hydrogen-bond donors (Lipinski definition) is 3. The van der Waals surface area contributed by atoms with Gasteiger partial charge in [-0.1, -0.05) is 6.42 Å². The van der Waals surface area contributed by atoms with Crippen molar-refractivity contribution in [2.45, 2.75) is 50.6 Å². The molecule has 5 rings (SSSR count). The molecule has 0 bridgehead atoms. The fraction of sp³-hybridized carbons (Fsp3) is 0.360. The van der Waals surface area contributed by atoms with E-state index in [9.17, 15) is 40.3 Å². The number of aryl methyl sites for hydroxylation is 1. The van der Waals surface area contributed by atoms with Crippen molar-refractivity contribution in [3.8, 4) is 11.4 Å². The normalized spacial score (nSPS) is 17.6. The number of H-pyrrole nitrogens is 1. The molecule has 3 heterocycles. The Kier molecular flexibility index (Phi) is 7.36. The average molecular weight is 598 g/mol. The third-order valence-corrected chi connectivity index (χ3v) is 7.16. The zero-order valence-electron chi connectivity index (χ0n) is 21.4. The number of aromatic amines is 1. The van der Waals surface area contributed by atoms with E-state index in [1.54, 1.807) is 5.10 Å². The predicted molar refractivity (Wildman–Crippen MR) is 136 cm³/mol. The van der Waals surface area contributed by atoms with Crippen LogP contribution in [-0.4, -0.2) is 35.8 Å². The molecule has 222 valence electrons. The topological polar surface area (TPSA) is 144 Å². The summed E-state index contributed by atoms with van der Waals surface area (Å²) in [6, 6.07) is 1.59. The molecule has 0 amide bonds. The maximum absolute atomic E-state index is 15.0. The summed E-state index contributed by atoms with van der Waals surface area (Å²) >= 11 is 0. The van der Waals surface area contributed by atoms with Gasteiger partial charge in [0.15, 0.2) is 5.82 Å². The molecule has 2 atom stereocenters. The van der Waals surface area contributed by atoms with Gasteiger partial charge in [-0.05, 0) is 37.3 Å². The molecule has 4 aromatic rings. The van der Waals surface area contributed by atoms with Crippen molar-refractivity contribution in [1.29, 1.82) is 0 Å². The number of fused-ring (bicyclic) bond motifs is 1. The first kappa shape index (κ1) is 28.9. The first-order valence-electron chi connectivity index (χ1n) is 12.5. The number of anilines is 2. The van der Waals surface area contributed by atoms with Gasteiger partial charge in [0.05, 0.1) is 34.7 Å². The highest BCUT2D eigenvalue weighted by molar-refractivity contribution is 5.82. The SMILES string of the molecule is Nc1nc(-c2cc3ncn(CC[C@H]4CCC[C@@H]4Nc4cn[nH]c(=O)c4C(F)(F)F)c(=O)c3cc2F)ncc1C(F)(F)F. The molecule has 1 aliphatic rings. The second kappa shape index (κ2) is 10.7. The molecular formula is C25H21F7N8O2. The Hall–Kier alpha value is -4.57. The number of rotatable bonds is 6. The van der Waals surface area contributed by atoms with Gasteiger partial charge in [-0.2, -0.15) is 31.4 Å². The zero-order chi connectivity index (χ0) is 30.4. The van der Waals surface area contributed by atoms with E-state index in [4.69, 9.17) is 5.73 Å². The number of nitrogen functional groups attached to an aromatic ring is 1. The van der Waals surface area contributed by atoms with Gasteiger partial charge in [0.1, 0.15) is 22.8 Å².